The van der Waals surface area contributed by atoms with Gasteiger partial charge in [0.2, 0.25) is 0 Å². The number of hydrogen-bond donors (Lipinski definition) is 2. The number of amides is 1. The first-order valence-corrected chi connectivity index (χ1v) is 5.41. The Hall–Kier alpha value is -2.15. The lowest BCUT2D eigenvalue weighted by molar-refractivity contribution is -0.384. The van der Waals surface area contributed by atoms with Crippen molar-refractivity contribution in [3.8, 4) is 0 Å². The fraction of sp³-hybridized carbons (Fsp3) is 0.364. The van der Waals surface area contributed by atoms with Gasteiger partial charge in [-0.25, -0.2) is 0 Å². The van der Waals surface area contributed by atoms with Gasteiger partial charge in [0.25, 0.3) is 11.6 Å². The zero-order valence-corrected chi connectivity index (χ0v) is 10.3. The summed E-state index contributed by atoms with van der Waals surface area (Å²) >= 11 is 0. The van der Waals surface area contributed by atoms with Gasteiger partial charge in [0.1, 0.15) is 5.69 Å². The summed E-state index contributed by atoms with van der Waals surface area (Å²) in [5, 5.41) is 13.7. The Morgan fingerprint density at radius 1 is 1.50 bits per heavy atom. The molecule has 0 aromatic heterocycles. The fourth-order valence-electron chi connectivity index (χ4n) is 1.43. The minimum Gasteiger partial charge on any atom is -0.378 e. The van der Waals surface area contributed by atoms with E-state index in [0.29, 0.717) is 24.3 Å². The van der Waals surface area contributed by atoms with Gasteiger partial charge in [-0.2, -0.15) is 0 Å². The lowest BCUT2D eigenvalue weighted by Crippen LogP contribution is -2.22. The fourth-order valence-corrected chi connectivity index (χ4v) is 1.43. The van der Waals surface area contributed by atoms with E-state index in [9.17, 15) is 14.9 Å². The molecule has 7 nitrogen and oxygen atoms in total. The molecule has 0 bridgehead atoms. The molecular formula is C11H16N4O3. The van der Waals surface area contributed by atoms with Crippen molar-refractivity contribution in [2.24, 2.45) is 5.73 Å². The van der Waals surface area contributed by atoms with E-state index >= 15 is 0 Å². The maximum atomic E-state index is 11.8. The standard InChI is InChI=1S/C11H16N4O3/c1-14(2)11(16)8-3-4-10(15(17)18)9(7-8)13-6-5-12/h3-4,7,13H,5-6,12H2,1-2H3. The molecule has 0 aliphatic carbocycles. The first kappa shape index (κ1) is 13.9. The number of hydrogen-bond acceptors (Lipinski definition) is 5. The molecule has 18 heavy (non-hydrogen) atoms. The zero-order chi connectivity index (χ0) is 13.7. The number of carbonyl (C=O) groups is 1. The van der Waals surface area contributed by atoms with Crippen LogP contribution >= 0.6 is 0 Å². The van der Waals surface area contributed by atoms with Gasteiger partial charge < -0.3 is 16.0 Å². The van der Waals surface area contributed by atoms with Crippen LogP contribution in [0, 0.1) is 10.1 Å². The van der Waals surface area contributed by atoms with Crippen LogP contribution in [-0.4, -0.2) is 42.9 Å². The topological polar surface area (TPSA) is 102 Å². The van der Waals surface area contributed by atoms with Gasteiger partial charge in [-0.1, -0.05) is 0 Å². The van der Waals surface area contributed by atoms with Crippen molar-refractivity contribution in [3.63, 3.8) is 0 Å². The summed E-state index contributed by atoms with van der Waals surface area (Å²) in [6, 6.07) is 4.22. The lowest BCUT2D eigenvalue weighted by Gasteiger charge is -2.12. The van der Waals surface area contributed by atoms with Crippen LogP contribution in [0.2, 0.25) is 0 Å². The maximum Gasteiger partial charge on any atom is 0.292 e. The molecule has 0 aliphatic rings. The van der Waals surface area contributed by atoms with Crippen molar-refractivity contribution >= 4 is 17.3 Å². The van der Waals surface area contributed by atoms with Crippen LogP contribution in [0.1, 0.15) is 10.4 Å². The third kappa shape index (κ3) is 3.17. The van der Waals surface area contributed by atoms with Gasteiger partial charge in [0, 0.05) is 38.8 Å². The molecule has 3 N–H and O–H groups in total. The zero-order valence-electron chi connectivity index (χ0n) is 10.3. The summed E-state index contributed by atoms with van der Waals surface area (Å²) in [5.41, 5.74) is 5.97. The van der Waals surface area contributed by atoms with E-state index < -0.39 is 4.92 Å². The highest BCUT2D eigenvalue weighted by atomic mass is 16.6. The molecule has 1 aromatic carbocycles. The van der Waals surface area contributed by atoms with E-state index in [1.165, 1.54) is 23.1 Å². The smallest absolute Gasteiger partial charge is 0.292 e. The second-order valence-corrected chi connectivity index (χ2v) is 3.90. The van der Waals surface area contributed by atoms with E-state index in [1.54, 1.807) is 14.1 Å². The van der Waals surface area contributed by atoms with E-state index in [2.05, 4.69) is 5.32 Å². The second kappa shape index (κ2) is 5.97. The van der Waals surface area contributed by atoms with Crippen LogP contribution in [0.5, 0.6) is 0 Å². The van der Waals surface area contributed by atoms with Gasteiger partial charge in [-0.05, 0) is 12.1 Å². The van der Waals surface area contributed by atoms with E-state index in [1.807, 2.05) is 0 Å². The molecule has 0 heterocycles. The molecule has 0 spiro atoms. The van der Waals surface area contributed by atoms with Crippen LogP contribution in [0.25, 0.3) is 0 Å². The number of nitro benzene ring substituents is 1. The number of rotatable bonds is 5. The van der Waals surface area contributed by atoms with Gasteiger partial charge >= 0.3 is 0 Å². The number of anilines is 1. The molecule has 7 heteroatoms. The van der Waals surface area contributed by atoms with E-state index in [4.69, 9.17) is 5.73 Å². The molecule has 0 atom stereocenters. The molecule has 0 saturated heterocycles. The lowest BCUT2D eigenvalue weighted by atomic mass is 10.1. The molecule has 0 fully saturated rings. The van der Waals surface area contributed by atoms with Crippen LogP contribution in [0.3, 0.4) is 0 Å². The Morgan fingerprint density at radius 2 is 2.17 bits per heavy atom. The summed E-state index contributed by atoms with van der Waals surface area (Å²) in [5.74, 6) is -0.208. The van der Waals surface area contributed by atoms with Crippen LogP contribution < -0.4 is 11.1 Å². The number of nitro groups is 1. The maximum absolute atomic E-state index is 11.8. The first-order valence-electron chi connectivity index (χ1n) is 5.41. The summed E-state index contributed by atoms with van der Waals surface area (Å²) in [4.78, 5) is 23.5. The number of nitrogens with one attached hydrogen (secondary N) is 1. The highest BCUT2D eigenvalue weighted by Gasteiger charge is 2.17. The minimum absolute atomic E-state index is 0.0706. The molecule has 0 unspecified atom stereocenters. The highest BCUT2D eigenvalue weighted by Crippen LogP contribution is 2.25. The van der Waals surface area contributed by atoms with Crippen molar-refractivity contribution in [1.82, 2.24) is 4.90 Å². The molecule has 1 aromatic rings. The van der Waals surface area contributed by atoms with Crippen LogP contribution in [0.15, 0.2) is 18.2 Å². The Bertz CT molecular complexity index is 460. The Kier molecular flexibility index (Phi) is 4.61. The molecule has 0 radical (unpaired) electrons. The SMILES string of the molecule is CN(C)C(=O)c1ccc([N+](=O)[O-])c(NCCN)c1. The average Bonchev–Trinajstić information content (AvgIpc) is 2.34. The molecule has 1 amide bonds. The number of nitrogens with zero attached hydrogens (tertiary/aromatic N) is 2. The van der Waals surface area contributed by atoms with Crippen molar-refractivity contribution < 1.29 is 9.72 Å². The minimum atomic E-state index is -0.497. The third-order valence-electron chi connectivity index (χ3n) is 2.31. The summed E-state index contributed by atoms with van der Waals surface area (Å²) < 4.78 is 0. The molecular weight excluding hydrogens is 236 g/mol. The van der Waals surface area contributed by atoms with Crippen molar-refractivity contribution in [3.05, 3.63) is 33.9 Å². The highest BCUT2D eigenvalue weighted by molar-refractivity contribution is 5.95. The quantitative estimate of drug-likeness (QED) is 0.592. The summed E-state index contributed by atoms with van der Waals surface area (Å²) in [6.45, 7) is 0.753. The molecule has 1 rings (SSSR count). The van der Waals surface area contributed by atoms with Gasteiger partial charge in [-0.3, -0.25) is 14.9 Å². The van der Waals surface area contributed by atoms with Gasteiger partial charge in [-0.15, -0.1) is 0 Å². The molecule has 98 valence electrons. The largest absolute Gasteiger partial charge is 0.378 e. The molecule has 0 saturated carbocycles. The van der Waals surface area contributed by atoms with E-state index in [0.717, 1.165) is 0 Å². The van der Waals surface area contributed by atoms with E-state index in [-0.39, 0.29) is 11.6 Å². The van der Waals surface area contributed by atoms with Gasteiger partial charge in [0.05, 0.1) is 4.92 Å². The van der Waals surface area contributed by atoms with Crippen molar-refractivity contribution in [2.45, 2.75) is 0 Å². The number of nitrogens with two attached hydrogens (primary N) is 1. The number of carbonyl (C=O) groups excluding carboxylic acids is 1. The van der Waals surface area contributed by atoms with Gasteiger partial charge in [0.15, 0.2) is 0 Å². The van der Waals surface area contributed by atoms with Crippen LogP contribution in [0.4, 0.5) is 11.4 Å². The Morgan fingerprint density at radius 3 is 2.67 bits per heavy atom. The average molecular weight is 252 g/mol. The predicted octanol–water partition coefficient (Wildman–Crippen LogP) is 0.667. The number of benzene rings is 1. The van der Waals surface area contributed by atoms with Crippen LogP contribution in [-0.2, 0) is 0 Å². The predicted molar refractivity (Wildman–Crippen MR) is 68.7 cm³/mol. The summed E-state index contributed by atoms with van der Waals surface area (Å²) in [7, 11) is 3.24. The monoisotopic (exact) mass is 252 g/mol. The first-order chi connectivity index (χ1) is 8.47. The van der Waals surface area contributed by atoms with Crippen molar-refractivity contribution in [1.29, 1.82) is 0 Å². The molecule has 0 aliphatic heterocycles. The normalized spacial score (nSPS) is 9.94. The second-order valence-electron chi connectivity index (χ2n) is 3.90. The Balaban J connectivity index is 3.12. The Labute approximate surface area is 105 Å². The van der Waals surface area contributed by atoms with Crippen molar-refractivity contribution in [2.75, 3.05) is 32.5 Å². The summed E-state index contributed by atoms with van der Waals surface area (Å²) in [6.07, 6.45) is 0. The third-order valence-corrected chi connectivity index (χ3v) is 2.31.